The molecule has 1 aliphatic rings. The fraction of sp³-hybridized carbons (Fsp3) is 0.188. The zero-order valence-corrected chi connectivity index (χ0v) is 13.3. The normalized spacial score (nSPS) is 16.1. The van der Waals surface area contributed by atoms with Gasteiger partial charge in [-0.25, -0.2) is 9.38 Å². The predicted octanol–water partition coefficient (Wildman–Crippen LogP) is 1.23. The Morgan fingerprint density at radius 2 is 1.92 bits per heavy atom. The monoisotopic (exact) mass is 350 g/mol. The number of hydrogen-bond donors (Lipinski definition) is 1. The van der Waals surface area contributed by atoms with Crippen LogP contribution in [0.25, 0.3) is 28.1 Å². The third kappa shape index (κ3) is 1.59. The van der Waals surface area contributed by atoms with Crippen LogP contribution in [-0.4, -0.2) is 44.1 Å². The fourth-order valence-corrected chi connectivity index (χ4v) is 3.43. The van der Waals surface area contributed by atoms with Gasteiger partial charge < -0.3 is 5.11 Å². The third-order valence-corrected chi connectivity index (χ3v) is 4.90. The van der Waals surface area contributed by atoms with Crippen molar-refractivity contribution in [2.75, 3.05) is 0 Å². The van der Waals surface area contributed by atoms with E-state index in [0.717, 1.165) is 5.39 Å². The molecule has 0 unspecified atom stereocenters. The van der Waals surface area contributed by atoms with E-state index in [4.69, 9.17) is 0 Å². The summed E-state index contributed by atoms with van der Waals surface area (Å²) in [5.41, 5.74) is 1.24. The Hall–Kier alpha value is -3.40. The van der Waals surface area contributed by atoms with E-state index in [0.29, 0.717) is 41.3 Å². The maximum Gasteiger partial charge on any atom is 0.295 e. The summed E-state index contributed by atoms with van der Waals surface area (Å²) < 4.78 is 18.9. The third-order valence-electron chi connectivity index (χ3n) is 4.90. The van der Waals surface area contributed by atoms with Crippen molar-refractivity contribution in [2.45, 2.75) is 18.4 Å². The molecule has 4 aromatic heterocycles. The Bertz CT molecular complexity index is 1330. The molecule has 0 saturated heterocycles. The van der Waals surface area contributed by atoms with Gasteiger partial charge >= 0.3 is 0 Å². The molecule has 5 aromatic rings. The van der Waals surface area contributed by atoms with Crippen LogP contribution < -0.4 is 0 Å². The minimum Gasteiger partial charge on any atom is -0.383 e. The van der Waals surface area contributed by atoms with Gasteiger partial charge in [-0.05, 0) is 25.0 Å². The molecule has 128 valence electrons. The van der Waals surface area contributed by atoms with E-state index in [1.807, 2.05) is 18.2 Å². The molecular formula is C16H11FN8O. The number of para-hydroxylation sites is 1. The lowest BCUT2D eigenvalue weighted by molar-refractivity contribution is 0.143. The van der Waals surface area contributed by atoms with E-state index in [-0.39, 0.29) is 0 Å². The van der Waals surface area contributed by atoms with Gasteiger partial charge in [0.1, 0.15) is 11.2 Å². The number of fused-ring (bicyclic) bond motifs is 6. The van der Waals surface area contributed by atoms with Crippen molar-refractivity contribution >= 4 is 22.2 Å². The number of aromatic nitrogens is 8. The second-order valence-corrected chi connectivity index (χ2v) is 6.46. The lowest BCUT2D eigenvalue weighted by atomic mass is 10.2. The quantitative estimate of drug-likeness (QED) is 0.514. The van der Waals surface area contributed by atoms with Gasteiger partial charge in [0.15, 0.2) is 5.65 Å². The van der Waals surface area contributed by atoms with Gasteiger partial charge in [0, 0.05) is 5.39 Å². The first-order valence-electron chi connectivity index (χ1n) is 8.10. The Kier molecular flexibility index (Phi) is 2.35. The molecule has 10 heteroatoms. The average molecular weight is 350 g/mol. The fourth-order valence-electron chi connectivity index (χ4n) is 3.43. The summed E-state index contributed by atoms with van der Waals surface area (Å²) in [6.07, 6.45) is 3.58. The molecule has 0 spiro atoms. The van der Waals surface area contributed by atoms with Crippen molar-refractivity contribution in [1.29, 1.82) is 0 Å². The van der Waals surface area contributed by atoms with E-state index >= 15 is 0 Å². The first-order valence-corrected chi connectivity index (χ1v) is 8.10. The summed E-state index contributed by atoms with van der Waals surface area (Å²) in [6.45, 7) is 0. The number of aliphatic hydroxyl groups is 1. The highest BCUT2D eigenvalue weighted by molar-refractivity contribution is 5.94. The van der Waals surface area contributed by atoms with Crippen LogP contribution in [-0.2, 0) is 5.60 Å². The van der Waals surface area contributed by atoms with Crippen molar-refractivity contribution < 1.29 is 9.50 Å². The van der Waals surface area contributed by atoms with Gasteiger partial charge in [-0.2, -0.15) is 9.07 Å². The van der Waals surface area contributed by atoms with Crippen LogP contribution >= 0.6 is 0 Å². The summed E-state index contributed by atoms with van der Waals surface area (Å²) >= 11 is 0. The highest BCUT2D eigenvalue weighted by Gasteiger charge is 2.46. The number of benzene rings is 1. The summed E-state index contributed by atoms with van der Waals surface area (Å²) in [5.74, 6) is 0.323. The zero-order valence-electron chi connectivity index (χ0n) is 13.3. The Morgan fingerprint density at radius 3 is 2.77 bits per heavy atom. The number of imidazole rings is 1. The standard InChI is InChI=1S/C16H11FN8O/c17-14-18-8-12-23(14)10-4-2-1-3-9(10)13-20-21-15(24(12)13)25-11(7-19-22-25)16(26)5-6-16/h1-4,7-8,26H,5-6H2. The molecule has 1 aliphatic carbocycles. The van der Waals surface area contributed by atoms with Gasteiger partial charge in [0.2, 0.25) is 0 Å². The molecule has 1 aromatic carbocycles. The van der Waals surface area contributed by atoms with Gasteiger partial charge in [-0.15, -0.1) is 15.3 Å². The van der Waals surface area contributed by atoms with E-state index in [1.54, 1.807) is 10.5 Å². The van der Waals surface area contributed by atoms with Gasteiger partial charge in [-0.3, -0.25) is 4.40 Å². The first kappa shape index (κ1) is 13.8. The zero-order chi connectivity index (χ0) is 17.5. The highest BCUT2D eigenvalue weighted by Crippen LogP contribution is 2.45. The van der Waals surface area contributed by atoms with Crippen LogP contribution in [0.4, 0.5) is 4.39 Å². The summed E-state index contributed by atoms with van der Waals surface area (Å²) in [6, 6.07) is 7.33. The maximum absolute atomic E-state index is 14.4. The van der Waals surface area contributed by atoms with Crippen molar-refractivity contribution in [2.24, 2.45) is 0 Å². The van der Waals surface area contributed by atoms with E-state index < -0.39 is 11.7 Å². The SMILES string of the molecule is OC1(c2cnnn2-c2nnc3c4ccccc4n4c(F)ncc4n23)CC1. The van der Waals surface area contributed by atoms with Gasteiger partial charge in [0.05, 0.1) is 23.6 Å². The Labute approximate surface area is 144 Å². The number of halogens is 1. The van der Waals surface area contributed by atoms with E-state index in [9.17, 15) is 9.50 Å². The van der Waals surface area contributed by atoms with Crippen molar-refractivity contribution in [1.82, 2.24) is 39.0 Å². The second kappa shape index (κ2) is 4.41. The Morgan fingerprint density at radius 1 is 1.08 bits per heavy atom. The number of rotatable bonds is 2. The summed E-state index contributed by atoms with van der Waals surface area (Å²) in [5, 5.41) is 27.7. The molecule has 0 bridgehead atoms. The van der Waals surface area contributed by atoms with E-state index in [2.05, 4.69) is 25.5 Å². The maximum atomic E-state index is 14.4. The molecule has 0 amide bonds. The minimum absolute atomic E-state index is 0.323. The summed E-state index contributed by atoms with van der Waals surface area (Å²) in [4.78, 5) is 3.81. The van der Waals surface area contributed by atoms with Gasteiger partial charge in [-0.1, -0.05) is 17.3 Å². The molecule has 6 rings (SSSR count). The molecular weight excluding hydrogens is 339 g/mol. The minimum atomic E-state index is -0.950. The molecule has 0 radical (unpaired) electrons. The van der Waals surface area contributed by atoms with E-state index in [1.165, 1.54) is 21.5 Å². The smallest absolute Gasteiger partial charge is 0.295 e. The van der Waals surface area contributed by atoms with Crippen LogP contribution in [0.3, 0.4) is 0 Å². The molecule has 1 fully saturated rings. The molecule has 26 heavy (non-hydrogen) atoms. The predicted molar refractivity (Wildman–Crippen MR) is 87.2 cm³/mol. The topological polar surface area (TPSA) is 98.4 Å². The first-order chi connectivity index (χ1) is 12.7. The number of hydrogen-bond acceptors (Lipinski definition) is 6. The molecule has 0 aliphatic heterocycles. The van der Waals surface area contributed by atoms with Crippen LogP contribution in [0, 0.1) is 6.08 Å². The second-order valence-electron chi connectivity index (χ2n) is 6.46. The van der Waals surface area contributed by atoms with Crippen molar-refractivity contribution in [3.05, 3.63) is 48.4 Å². The lowest BCUT2D eigenvalue weighted by Crippen LogP contribution is -2.15. The molecule has 4 heterocycles. The van der Waals surface area contributed by atoms with Crippen LogP contribution in [0.5, 0.6) is 0 Å². The summed E-state index contributed by atoms with van der Waals surface area (Å²) in [7, 11) is 0. The lowest BCUT2D eigenvalue weighted by Gasteiger charge is -2.10. The molecule has 0 atom stereocenters. The van der Waals surface area contributed by atoms with Crippen LogP contribution in [0.1, 0.15) is 18.5 Å². The molecule has 1 N–H and O–H groups in total. The van der Waals surface area contributed by atoms with Crippen molar-refractivity contribution in [3.63, 3.8) is 0 Å². The number of nitrogens with zero attached hydrogens (tertiary/aromatic N) is 8. The van der Waals surface area contributed by atoms with Crippen molar-refractivity contribution in [3.8, 4) is 5.95 Å². The average Bonchev–Trinajstić information content (AvgIpc) is 3.06. The van der Waals surface area contributed by atoms with Gasteiger partial charge in [0.25, 0.3) is 12.0 Å². The van der Waals surface area contributed by atoms with Crippen LogP contribution in [0.2, 0.25) is 0 Å². The Balaban J connectivity index is 1.79. The van der Waals surface area contributed by atoms with Crippen LogP contribution in [0.15, 0.2) is 36.7 Å². The molecule has 9 nitrogen and oxygen atoms in total. The highest BCUT2D eigenvalue weighted by atomic mass is 19.1. The molecule has 1 saturated carbocycles. The largest absolute Gasteiger partial charge is 0.383 e.